The molecule has 1 spiro atoms. The van der Waals surface area contributed by atoms with Gasteiger partial charge in [-0.3, -0.25) is 4.90 Å². The molecule has 1 aromatic heterocycles. The standard InChI is InChI=1S/C13H16N4O2/c1-3-17-4-2-10(1)13(8-17)5-12(16-19-13)18-11-6-14-9-15-7-11/h6-7,9-10H,1-5,8H2. The molecule has 0 radical (unpaired) electrons. The van der Waals surface area contributed by atoms with E-state index in [1.165, 1.54) is 32.3 Å². The third kappa shape index (κ3) is 1.87. The summed E-state index contributed by atoms with van der Waals surface area (Å²) in [6, 6.07) is 0. The summed E-state index contributed by atoms with van der Waals surface area (Å²) in [5.74, 6) is 1.86. The molecule has 1 aromatic rings. The molecule has 0 saturated carbocycles. The van der Waals surface area contributed by atoms with Crippen LogP contribution in [0, 0.1) is 5.92 Å². The smallest absolute Gasteiger partial charge is 0.235 e. The van der Waals surface area contributed by atoms with Crippen molar-refractivity contribution in [2.75, 3.05) is 19.6 Å². The molecule has 6 nitrogen and oxygen atoms in total. The normalized spacial score (nSPS) is 36.1. The summed E-state index contributed by atoms with van der Waals surface area (Å²) in [7, 11) is 0. The molecular formula is C13H16N4O2. The van der Waals surface area contributed by atoms with Crippen molar-refractivity contribution in [2.24, 2.45) is 11.1 Å². The van der Waals surface area contributed by atoms with Crippen molar-refractivity contribution in [3.63, 3.8) is 0 Å². The predicted octanol–water partition coefficient (Wildman–Crippen LogP) is 1.05. The highest BCUT2D eigenvalue weighted by atomic mass is 16.7. The minimum Gasteiger partial charge on any atom is -0.436 e. The van der Waals surface area contributed by atoms with Crippen LogP contribution in [0.1, 0.15) is 19.3 Å². The van der Waals surface area contributed by atoms with Gasteiger partial charge in [-0.2, -0.15) is 0 Å². The number of hydrogen-bond acceptors (Lipinski definition) is 6. The molecule has 6 heteroatoms. The lowest BCUT2D eigenvalue weighted by atomic mass is 9.74. The van der Waals surface area contributed by atoms with Crippen LogP contribution in [0.25, 0.3) is 0 Å². The van der Waals surface area contributed by atoms with E-state index in [1.807, 2.05) is 0 Å². The van der Waals surface area contributed by atoms with Crippen molar-refractivity contribution >= 4 is 5.90 Å². The Hall–Kier alpha value is -1.69. The van der Waals surface area contributed by atoms with Crippen LogP contribution in [0.3, 0.4) is 0 Å². The van der Waals surface area contributed by atoms with E-state index in [1.54, 1.807) is 12.4 Å². The molecule has 0 amide bonds. The molecule has 5 heterocycles. The van der Waals surface area contributed by atoms with Crippen molar-refractivity contribution in [1.29, 1.82) is 0 Å². The Morgan fingerprint density at radius 2 is 2.05 bits per heavy atom. The monoisotopic (exact) mass is 260 g/mol. The SMILES string of the molecule is c1ncc(OC2=NOC3(C2)CN2CCC3CC2)cn1. The first-order valence-electron chi connectivity index (χ1n) is 6.74. The van der Waals surface area contributed by atoms with Gasteiger partial charge < -0.3 is 9.57 Å². The lowest BCUT2D eigenvalue weighted by Gasteiger charge is -2.49. The number of fused-ring (bicyclic) bond motifs is 2. The van der Waals surface area contributed by atoms with Crippen molar-refractivity contribution < 1.29 is 9.57 Å². The summed E-state index contributed by atoms with van der Waals surface area (Å²) in [5.41, 5.74) is -0.151. The first kappa shape index (κ1) is 11.2. The molecule has 0 N–H and O–H groups in total. The highest BCUT2D eigenvalue weighted by Crippen LogP contribution is 2.43. The Morgan fingerprint density at radius 1 is 1.26 bits per heavy atom. The fourth-order valence-corrected chi connectivity index (χ4v) is 3.42. The first-order valence-corrected chi connectivity index (χ1v) is 6.74. The number of oxime groups is 1. The van der Waals surface area contributed by atoms with Crippen LogP contribution >= 0.6 is 0 Å². The zero-order valence-corrected chi connectivity index (χ0v) is 10.7. The Kier molecular flexibility index (Phi) is 2.44. The first-order chi connectivity index (χ1) is 9.34. The zero-order valence-electron chi connectivity index (χ0n) is 10.7. The Balaban J connectivity index is 1.48. The Morgan fingerprint density at radius 3 is 2.74 bits per heavy atom. The fraction of sp³-hybridized carbons (Fsp3) is 0.615. The summed E-state index contributed by atoms with van der Waals surface area (Å²) in [4.78, 5) is 16.1. The maximum absolute atomic E-state index is 5.78. The largest absolute Gasteiger partial charge is 0.436 e. The van der Waals surface area contributed by atoms with E-state index >= 15 is 0 Å². The van der Waals surface area contributed by atoms with E-state index in [2.05, 4.69) is 20.0 Å². The second-order valence-electron chi connectivity index (χ2n) is 5.54. The van der Waals surface area contributed by atoms with Gasteiger partial charge in [0.1, 0.15) is 6.33 Å². The van der Waals surface area contributed by atoms with Gasteiger partial charge >= 0.3 is 0 Å². The lowest BCUT2D eigenvalue weighted by molar-refractivity contribution is -0.136. The van der Waals surface area contributed by atoms with Gasteiger partial charge in [-0.1, -0.05) is 5.16 Å². The number of piperidine rings is 3. The highest BCUT2D eigenvalue weighted by Gasteiger charge is 2.53. The Labute approximate surface area is 111 Å². The summed E-state index contributed by atoms with van der Waals surface area (Å²) in [6.07, 6.45) is 7.92. The van der Waals surface area contributed by atoms with Gasteiger partial charge in [-0.25, -0.2) is 9.97 Å². The molecule has 19 heavy (non-hydrogen) atoms. The van der Waals surface area contributed by atoms with Gasteiger partial charge in [0.05, 0.1) is 18.8 Å². The van der Waals surface area contributed by atoms with Crippen LogP contribution in [-0.4, -0.2) is 46.0 Å². The average Bonchev–Trinajstić information content (AvgIpc) is 2.84. The molecule has 0 aliphatic carbocycles. The van der Waals surface area contributed by atoms with Crippen molar-refractivity contribution in [2.45, 2.75) is 24.9 Å². The molecule has 100 valence electrons. The molecule has 0 aromatic carbocycles. The van der Waals surface area contributed by atoms with Gasteiger partial charge in [0.25, 0.3) is 0 Å². The van der Waals surface area contributed by atoms with Gasteiger partial charge in [0.15, 0.2) is 11.4 Å². The maximum Gasteiger partial charge on any atom is 0.235 e. The van der Waals surface area contributed by atoms with Crippen LogP contribution in [0.2, 0.25) is 0 Å². The highest BCUT2D eigenvalue weighted by molar-refractivity contribution is 5.80. The molecular weight excluding hydrogens is 244 g/mol. The van der Waals surface area contributed by atoms with Crippen LogP contribution < -0.4 is 4.74 Å². The molecule has 1 atom stereocenters. The molecule has 4 aliphatic heterocycles. The van der Waals surface area contributed by atoms with Crippen LogP contribution in [0.15, 0.2) is 23.9 Å². The van der Waals surface area contributed by atoms with Crippen LogP contribution in [0.4, 0.5) is 0 Å². The van der Waals surface area contributed by atoms with E-state index in [4.69, 9.17) is 9.57 Å². The van der Waals surface area contributed by atoms with E-state index in [-0.39, 0.29) is 5.60 Å². The third-order valence-corrected chi connectivity index (χ3v) is 4.38. The number of hydrogen-bond donors (Lipinski definition) is 0. The quantitative estimate of drug-likeness (QED) is 0.755. The zero-order chi connectivity index (χ0) is 12.7. The summed E-state index contributed by atoms with van der Waals surface area (Å²) < 4.78 is 5.69. The summed E-state index contributed by atoms with van der Waals surface area (Å²) in [5, 5.41) is 4.14. The Bertz CT molecular complexity index is 499. The third-order valence-electron chi connectivity index (χ3n) is 4.38. The number of rotatable bonds is 1. The number of aromatic nitrogens is 2. The average molecular weight is 260 g/mol. The second kappa shape index (κ2) is 4.16. The van der Waals surface area contributed by atoms with Gasteiger partial charge in [-0.05, 0) is 25.9 Å². The van der Waals surface area contributed by atoms with Crippen molar-refractivity contribution in [3.05, 3.63) is 18.7 Å². The van der Waals surface area contributed by atoms with Crippen molar-refractivity contribution in [1.82, 2.24) is 14.9 Å². The number of nitrogens with zero attached hydrogens (tertiary/aromatic N) is 4. The summed E-state index contributed by atoms with van der Waals surface area (Å²) >= 11 is 0. The van der Waals surface area contributed by atoms with E-state index in [0.29, 0.717) is 17.6 Å². The molecule has 1 unspecified atom stereocenters. The molecule has 3 fully saturated rings. The van der Waals surface area contributed by atoms with Crippen LogP contribution in [0.5, 0.6) is 5.75 Å². The molecule has 4 aliphatic rings. The van der Waals surface area contributed by atoms with E-state index in [0.717, 1.165) is 13.0 Å². The fourth-order valence-electron chi connectivity index (χ4n) is 3.42. The number of ether oxygens (including phenoxy) is 1. The predicted molar refractivity (Wildman–Crippen MR) is 67.7 cm³/mol. The van der Waals surface area contributed by atoms with Gasteiger partial charge in [-0.15, -0.1) is 0 Å². The van der Waals surface area contributed by atoms with Crippen molar-refractivity contribution in [3.8, 4) is 5.75 Å². The van der Waals surface area contributed by atoms with E-state index in [9.17, 15) is 0 Å². The molecule has 2 bridgehead atoms. The maximum atomic E-state index is 5.78. The lowest BCUT2D eigenvalue weighted by Crippen LogP contribution is -2.59. The van der Waals surface area contributed by atoms with Gasteiger partial charge in [0.2, 0.25) is 5.90 Å². The molecule has 5 rings (SSSR count). The topological polar surface area (TPSA) is 59.8 Å². The molecule has 3 saturated heterocycles. The minimum atomic E-state index is -0.151. The summed E-state index contributed by atoms with van der Waals surface area (Å²) in [6.45, 7) is 3.36. The second-order valence-corrected chi connectivity index (χ2v) is 5.54. The van der Waals surface area contributed by atoms with Crippen LogP contribution in [-0.2, 0) is 4.84 Å². The van der Waals surface area contributed by atoms with Gasteiger partial charge in [0, 0.05) is 12.5 Å². The minimum absolute atomic E-state index is 0.151. The van der Waals surface area contributed by atoms with E-state index < -0.39 is 0 Å².